The van der Waals surface area contributed by atoms with E-state index in [4.69, 9.17) is 21.6 Å². The topological polar surface area (TPSA) is 45.0 Å². The van der Waals surface area contributed by atoms with Crippen LogP contribution in [0.2, 0.25) is 5.02 Å². The predicted octanol–water partition coefficient (Wildman–Crippen LogP) is 4.78. The number of nitrogens with one attached hydrogen (secondary N) is 1. The second-order valence-electron chi connectivity index (χ2n) is 4.64. The van der Waals surface area contributed by atoms with Gasteiger partial charge in [-0.15, -0.1) is 0 Å². The molecule has 0 bridgehead atoms. The number of rotatable bonds is 5. The lowest BCUT2D eigenvalue weighted by molar-refractivity contribution is 0.335. The van der Waals surface area contributed by atoms with Crippen molar-refractivity contribution in [1.29, 1.82) is 5.26 Å². The molecular formula is C17H17ClN2O. The molecule has 1 unspecified atom stereocenters. The average Bonchev–Trinajstić information content (AvgIpc) is 2.50. The van der Waals surface area contributed by atoms with Crippen LogP contribution >= 0.6 is 11.6 Å². The van der Waals surface area contributed by atoms with Crippen LogP contribution in [0.1, 0.15) is 31.0 Å². The van der Waals surface area contributed by atoms with Crippen molar-refractivity contribution in [3.8, 4) is 11.8 Å². The number of nitriles is 1. The molecule has 21 heavy (non-hydrogen) atoms. The lowest BCUT2D eigenvalue weighted by Gasteiger charge is -2.19. The number of benzene rings is 2. The predicted molar refractivity (Wildman–Crippen MR) is 85.8 cm³/mol. The van der Waals surface area contributed by atoms with Gasteiger partial charge in [-0.25, -0.2) is 0 Å². The van der Waals surface area contributed by atoms with Gasteiger partial charge in [0.1, 0.15) is 5.75 Å². The van der Waals surface area contributed by atoms with Crippen molar-refractivity contribution in [2.75, 3.05) is 11.9 Å². The summed E-state index contributed by atoms with van der Waals surface area (Å²) in [6, 6.07) is 15.3. The summed E-state index contributed by atoms with van der Waals surface area (Å²) in [7, 11) is 0. The summed E-state index contributed by atoms with van der Waals surface area (Å²) >= 11 is 6.20. The Labute approximate surface area is 130 Å². The second kappa shape index (κ2) is 7.01. The third-order valence-electron chi connectivity index (χ3n) is 3.16. The summed E-state index contributed by atoms with van der Waals surface area (Å²) in [4.78, 5) is 0. The lowest BCUT2D eigenvalue weighted by atomic mass is 10.1. The number of halogens is 1. The number of nitrogens with zero attached hydrogens (tertiary/aromatic N) is 1. The first kappa shape index (κ1) is 15.2. The normalized spacial score (nSPS) is 11.5. The zero-order chi connectivity index (χ0) is 15.2. The summed E-state index contributed by atoms with van der Waals surface area (Å²) in [5.74, 6) is 0.866. The van der Waals surface area contributed by atoms with Gasteiger partial charge in [-0.05, 0) is 38.1 Å². The van der Waals surface area contributed by atoms with Crippen molar-refractivity contribution in [1.82, 2.24) is 0 Å². The summed E-state index contributed by atoms with van der Waals surface area (Å²) in [6.07, 6.45) is 0. The molecule has 0 saturated carbocycles. The fraction of sp³-hybridized carbons (Fsp3) is 0.235. The van der Waals surface area contributed by atoms with Gasteiger partial charge in [-0.1, -0.05) is 29.8 Å². The Kier molecular flexibility index (Phi) is 5.08. The van der Waals surface area contributed by atoms with Crippen LogP contribution in [0.4, 0.5) is 5.69 Å². The van der Waals surface area contributed by atoms with Gasteiger partial charge >= 0.3 is 0 Å². The minimum absolute atomic E-state index is 0.0400. The SMILES string of the molecule is CCOc1ccccc1C(C)Nc1ccc(C#N)cc1Cl. The van der Waals surface area contributed by atoms with E-state index in [1.54, 1.807) is 12.1 Å². The summed E-state index contributed by atoms with van der Waals surface area (Å²) < 4.78 is 5.65. The van der Waals surface area contributed by atoms with Gasteiger partial charge in [0.25, 0.3) is 0 Å². The molecule has 4 heteroatoms. The van der Waals surface area contributed by atoms with E-state index < -0.39 is 0 Å². The quantitative estimate of drug-likeness (QED) is 0.864. The van der Waals surface area contributed by atoms with E-state index in [0.29, 0.717) is 17.2 Å². The van der Waals surface area contributed by atoms with Crippen molar-refractivity contribution < 1.29 is 4.74 Å². The summed E-state index contributed by atoms with van der Waals surface area (Å²) in [5.41, 5.74) is 2.42. The minimum atomic E-state index is 0.0400. The van der Waals surface area contributed by atoms with Crippen LogP contribution in [-0.2, 0) is 0 Å². The molecule has 108 valence electrons. The number of anilines is 1. The average molecular weight is 301 g/mol. The first-order chi connectivity index (χ1) is 10.2. The van der Waals surface area contributed by atoms with Crippen molar-refractivity contribution >= 4 is 17.3 Å². The molecule has 2 aromatic rings. The third kappa shape index (κ3) is 3.68. The first-order valence-corrected chi connectivity index (χ1v) is 7.21. The van der Waals surface area contributed by atoms with Gasteiger partial charge in [0.2, 0.25) is 0 Å². The van der Waals surface area contributed by atoms with Crippen LogP contribution in [0.3, 0.4) is 0 Å². The van der Waals surface area contributed by atoms with Crippen LogP contribution in [0.25, 0.3) is 0 Å². The van der Waals surface area contributed by atoms with Crippen LogP contribution in [-0.4, -0.2) is 6.61 Å². The van der Waals surface area contributed by atoms with Crippen molar-refractivity contribution in [2.45, 2.75) is 19.9 Å². The Hall–Kier alpha value is -2.18. The van der Waals surface area contributed by atoms with Gasteiger partial charge in [0, 0.05) is 5.56 Å². The Bertz CT molecular complexity index is 664. The Morgan fingerprint density at radius 1 is 1.29 bits per heavy atom. The highest BCUT2D eigenvalue weighted by Crippen LogP contribution is 2.31. The standard InChI is InChI=1S/C17H17ClN2O/c1-3-21-17-7-5-4-6-14(17)12(2)20-16-9-8-13(11-19)10-15(16)18/h4-10,12,20H,3H2,1-2H3. The van der Waals surface area contributed by atoms with E-state index in [1.807, 2.05) is 44.2 Å². The fourth-order valence-corrected chi connectivity index (χ4v) is 2.37. The van der Waals surface area contributed by atoms with Crippen LogP contribution in [0.5, 0.6) is 5.75 Å². The highest BCUT2D eigenvalue weighted by atomic mass is 35.5. The molecule has 0 spiro atoms. The fourth-order valence-electron chi connectivity index (χ4n) is 2.14. The Morgan fingerprint density at radius 2 is 2.05 bits per heavy atom. The minimum Gasteiger partial charge on any atom is -0.494 e. The molecule has 0 aromatic heterocycles. The molecule has 1 atom stereocenters. The third-order valence-corrected chi connectivity index (χ3v) is 3.47. The van der Waals surface area contributed by atoms with Gasteiger partial charge in [0.15, 0.2) is 0 Å². The molecule has 0 saturated heterocycles. The molecule has 0 fully saturated rings. The maximum atomic E-state index is 8.86. The highest BCUT2D eigenvalue weighted by Gasteiger charge is 2.12. The molecule has 0 heterocycles. The molecule has 0 aliphatic heterocycles. The second-order valence-corrected chi connectivity index (χ2v) is 5.05. The van der Waals surface area contributed by atoms with Crippen molar-refractivity contribution in [3.05, 3.63) is 58.6 Å². The Balaban J connectivity index is 2.22. The number of para-hydroxylation sites is 1. The van der Waals surface area contributed by atoms with Gasteiger partial charge in [0.05, 0.1) is 35.0 Å². The van der Waals surface area contributed by atoms with E-state index in [0.717, 1.165) is 17.0 Å². The maximum Gasteiger partial charge on any atom is 0.124 e. The molecule has 0 amide bonds. The molecular weight excluding hydrogens is 284 g/mol. The smallest absolute Gasteiger partial charge is 0.124 e. The van der Waals surface area contributed by atoms with Gasteiger partial charge in [-0.3, -0.25) is 0 Å². The lowest BCUT2D eigenvalue weighted by Crippen LogP contribution is -2.09. The highest BCUT2D eigenvalue weighted by molar-refractivity contribution is 6.33. The maximum absolute atomic E-state index is 8.86. The van der Waals surface area contributed by atoms with E-state index in [1.165, 1.54) is 0 Å². The molecule has 0 aliphatic rings. The van der Waals surface area contributed by atoms with Gasteiger partial charge in [-0.2, -0.15) is 5.26 Å². The molecule has 0 radical (unpaired) electrons. The first-order valence-electron chi connectivity index (χ1n) is 6.83. The summed E-state index contributed by atoms with van der Waals surface area (Å²) in [5, 5.41) is 12.8. The van der Waals surface area contributed by atoms with E-state index in [-0.39, 0.29) is 6.04 Å². The molecule has 2 rings (SSSR count). The monoisotopic (exact) mass is 300 g/mol. The van der Waals surface area contributed by atoms with Crippen molar-refractivity contribution in [3.63, 3.8) is 0 Å². The Morgan fingerprint density at radius 3 is 2.71 bits per heavy atom. The van der Waals surface area contributed by atoms with E-state index >= 15 is 0 Å². The molecule has 1 N–H and O–H groups in total. The van der Waals surface area contributed by atoms with E-state index in [2.05, 4.69) is 11.4 Å². The number of hydrogen-bond acceptors (Lipinski definition) is 3. The zero-order valence-electron chi connectivity index (χ0n) is 12.1. The number of hydrogen-bond donors (Lipinski definition) is 1. The largest absolute Gasteiger partial charge is 0.494 e. The van der Waals surface area contributed by atoms with Crippen LogP contribution in [0, 0.1) is 11.3 Å². The molecule has 3 nitrogen and oxygen atoms in total. The van der Waals surface area contributed by atoms with Crippen LogP contribution < -0.4 is 10.1 Å². The summed E-state index contributed by atoms with van der Waals surface area (Å²) in [6.45, 7) is 4.64. The molecule has 0 aliphatic carbocycles. The zero-order valence-corrected chi connectivity index (χ0v) is 12.8. The molecule has 2 aromatic carbocycles. The van der Waals surface area contributed by atoms with Gasteiger partial charge < -0.3 is 10.1 Å². The van der Waals surface area contributed by atoms with E-state index in [9.17, 15) is 0 Å². The van der Waals surface area contributed by atoms with Crippen molar-refractivity contribution in [2.24, 2.45) is 0 Å². The number of ether oxygens (including phenoxy) is 1. The van der Waals surface area contributed by atoms with Crippen LogP contribution in [0.15, 0.2) is 42.5 Å².